The predicted octanol–water partition coefficient (Wildman–Crippen LogP) is 3.18. The highest BCUT2D eigenvalue weighted by Gasteiger charge is 2.26. The van der Waals surface area contributed by atoms with Crippen LogP contribution in [0.5, 0.6) is 17.2 Å². The van der Waals surface area contributed by atoms with Crippen LogP contribution < -0.4 is 4.74 Å². The van der Waals surface area contributed by atoms with Crippen LogP contribution >= 0.6 is 0 Å². The van der Waals surface area contributed by atoms with Gasteiger partial charge in [0.1, 0.15) is 5.75 Å². The fraction of sp³-hybridized carbons (Fsp3) is 0.118. The van der Waals surface area contributed by atoms with Gasteiger partial charge in [-0.2, -0.15) is 0 Å². The summed E-state index contributed by atoms with van der Waals surface area (Å²) >= 11 is 0. The Morgan fingerprint density at radius 1 is 1.14 bits per heavy atom. The maximum absolute atomic E-state index is 9.90. The maximum atomic E-state index is 9.90. The Kier molecular flexibility index (Phi) is 2.36. The van der Waals surface area contributed by atoms with Crippen molar-refractivity contribution in [2.45, 2.75) is 6.42 Å². The van der Waals surface area contributed by atoms with E-state index in [9.17, 15) is 10.2 Å². The van der Waals surface area contributed by atoms with Crippen molar-refractivity contribution in [1.82, 2.24) is 0 Å². The molecule has 2 aliphatic rings. The molecule has 2 N–H and O–H groups in total. The van der Waals surface area contributed by atoms with E-state index in [2.05, 4.69) is 11.1 Å². The van der Waals surface area contributed by atoms with Crippen LogP contribution in [-0.2, 0) is 6.42 Å². The molecule has 0 atom stereocenters. The van der Waals surface area contributed by atoms with Crippen LogP contribution in [-0.4, -0.2) is 23.0 Å². The minimum Gasteiger partial charge on any atom is -0.508 e. The first-order valence-electron chi connectivity index (χ1n) is 6.68. The van der Waals surface area contributed by atoms with Gasteiger partial charge in [0.2, 0.25) is 0 Å². The Hall–Kier alpha value is -2.75. The second-order valence-corrected chi connectivity index (χ2v) is 5.23. The third-order valence-corrected chi connectivity index (χ3v) is 3.92. The monoisotopic (exact) mass is 279 g/mol. The van der Waals surface area contributed by atoms with Crippen molar-refractivity contribution in [3.8, 4) is 17.2 Å². The molecular formula is C17H13NO3. The number of nitrogens with zero attached hydrogens (tertiary/aromatic N) is 1. The molecule has 1 aliphatic heterocycles. The lowest BCUT2D eigenvalue weighted by Gasteiger charge is -2.17. The molecule has 2 aromatic rings. The van der Waals surface area contributed by atoms with E-state index >= 15 is 0 Å². The van der Waals surface area contributed by atoms with E-state index in [1.165, 1.54) is 7.11 Å². The Bertz CT molecular complexity index is 834. The first kappa shape index (κ1) is 12.0. The number of benzene rings is 2. The molecule has 2 aromatic carbocycles. The Morgan fingerprint density at radius 2 is 2.00 bits per heavy atom. The van der Waals surface area contributed by atoms with Gasteiger partial charge in [0, 0.05) is 18.1 Å². The summed E-state index contributed by atoms with van der Waals surface area (Å²) in [6.45, 7) is 0. The summed E-state index contributed by atoms with van der Waals surface area (Å²) in [5.41, 5.74) is 5.83. The number of methoxy groups -OCH3 is 1. The molecule has 104 valence electrons. The summed E-state index contributed by atoms with van der Waals surface area (Å²) < 4.78 is 5.15. The number of fused-ring (bicyclic) bond motifs is 4. The van der Waals surface area contributed by atoms with E-state index in [0.29, 0.717) is 5.75 Å². The van der Waals surface area contributed by atoms with Crippen LogP contribution in [0.15, 0.2) is 40.9 Å². The van der Waals surface area contributed by atoms with Crippen molar-refractivity contribution >= 4 is 17.5 Å². The number of phenols is 2. The summed E-state index contributed by atoms with van der Waals surface area (Å²) in [6.07, 6.45) is 2.79. The summed E-state index contributed by atoms with van der Waals surface area (Å²) in [4.78, 5) is 4.67. The second-order valence-electron chi connectivity index (χ2n) is 5.23. The normalized spacial score (nSPS) is 14.7. The van der Waals surface area contributed by atoms with Crippen LogP contribution in [0.2, 0.25) is 0 Å². The first-order chi connectivity index (χ1) is 10.2. The maximum Gasteiger partial charge on any atom is 0.160 e. The lowest BCUT2D eigenvalue weighted by molar-refractivity contribution is 0.373. The molecule has 0 aromatic heterocycles. The first-order valence-corrected chi connectivity index (χ1v) is 6.68. The molecular weight excluding hydrogens is 266 g/mol. The molecule has 0 saturated carbocycles. The highest BCUT2D eigenvalue weighted by molar-refractivity contribution is 6.23. The molecule has 0 spiro atoms. The number of aliphatic imine (C=N–C) groups is 1. The van der Waals surface area contributed by atoms with Gasteiger partial charge in [0.15, 0.2) is 11.5 Å². The molecule has 21 heavy (non-hydrogen) atoms. The minimum atomic E-state index is 0.0944. The third kappa shape index (κ3) is 1.72. The SMILES string of the molecule is COc1cc2c(cc1O)N=C1C(=Cc3cc(O)ccc31)C2. The summed E-state index contributed by atoms with van der Waals surface area (Å²) in [7, 11) is 1.53. The predicted molar refractivity (Wildman–Crippen MR) is 80.6 cm³/mol. The quantitative estimate of drug-likeness (QED) is 0.842. The largest absolute Gasteiger partial charge is 0.508 e. The Morgan fingerprint density at radius 3 is 2.81 bits per heavy atom. The fourth-order valence-corrected chi connectivity index (χ4v) is 2.92. The van der Waals surface area contributed by atoms with E-state index in [4.69, 9.17) is 4.74 Å². The van der Waals surface area contributed by atoms with E-state index in [-0.39, 0.29) is 11.5 Å². The number of allylic oxidation sites excluding steroid dienone is 1. The van der Waals surface area contributed by atoms with Crippen LogP contribution in [0.25, 0.3) is 6.08 Å². The van der Waals surface area contributed by atoms with Crippen molar-refractivity contribution in [2.75, 3.05) is 7.11 Å². The van der Waals surface area contributed by atoms with Gasteiger partial charge in [-0.25, -0.2) is 4.99 Å². The topological polar surface area (TPSA) is 62.0 Å². The van der Waals surface area contributed by atoms with Crippen molar-refractivity contribution in [3.63, 3.8) is 0 Å². The third-order valence-electron chi connectivity index (χ3n) is 3.92. The number of hydrogen-bond acceptors (Lipinski definition) is 4. The molecule has 0 unspecified atom stereocenters. The molecule has 0 radical (unpaired) electrons. The van der Waals surface area contributed by atoms with Gasteiger partial charge in [-0.1, -0.05) is 0 Å². The lowest BCUT2D eigenvalue weighted by atomic mass is 9.96. The second kappa shape index (κ2) is 4.12. The van der Waals surface area contributed by atoms with Crippen LogP contribution in [0.4, 0.5) is 5.69 Å². The Labute approximate surface area is 121 Å². The highest BCUT2D eigenvalue weighted by Crippen LogP contribution is 2.41. The lowest BCUT2D eigenvalue weighted by Crippen LogP contribution is -2.08. The zero-order valence-electron chi connectivity index (χ0n) is 11.4. The van der Waals surface area contributed by atoms with E-state index in [1.54, 1.807) is 18.2 Å². The zero-order valence-corrected chi connectivity index (χ0v) is 11.4. The van der Waals surface area contributed by atoms with Crippen LogP contribution in [0.3, 0.4) is 0 Å². The van der Waals surface area contributed by atoms with E-state index in [1.807, 2.05) is 12.1 Å². The van der Waals surface area contributed by atoms with Crippen molar-refractivity contribution in [2.24, 2.45) is 4.99 Å². The van der Waals surface area contributed by atoms with Gasteiger partial charge < -0.3 is 14.9 Å². The number of ether oxygens (including phenoxy) is 1. The molecule has 0 amide bonds. The average Bonchev–Trinajstić information content (AvgIpc) is 2.80. The summed E-state index contributed by atoms with van der Waals surface area (Å²) in [5.74, 6) is 0.805. The molecule has 0 fully saturated rings. The number of rotatable bonds is 1. The zero-order chi connectivity index (χ0) is 14.6. The van der Waals surface area contributed by atoms with Crippen molar-refractivity contribution < 1.29 is 14.9 Å². The van der Waals surface area contributed by atoms with Gasteiger partial charge >= 0.3 is 0 Å². The fourth-order valence-electron chi connectivity index (χ4n) is 2.92. The summed E-state index contributed by atoms with van der Waals surface area (Å²) in [6, 6.07) is 8.75. The minimum absolute atomic E-state index is 0.0944. The molecule has 1 aliphatic carbocycles. The van der Waals surface area contributed by atoms with E-state index in [0.717, 1.165) is 40.1 Å². The molecule has 4 heteroatoms. The van der Waals surface area contributed by atoms with E-state index < -0.39 is 0 Å². The number of hydrogen-bond donors (Lipinski definition) is 2. The summed E-state index contributed by atoms with van der Waals surface area (Å²) in [5, 5.41) is 19.5. The van der Waals surface area contributed by atoms with Crippen molar-refractivity contribution in [3.05, 3.63) is 52.6 Å². The van der Waals surface area contributed by atoms with Gasteiger partial charge in [0.05, 0.1) is 18.5 Å². The standard InChI is InChI=1S/C17H13NO3/c1-21-16-7-10-5-11-4-9-6-12(19)2-3-13(9)17(11)18-14(10)8-15(16)20/h2-4,6-8,19-20H,5H2,1H3. The van der Waals surface area contributed by atoms with Gasteiger partial charge in [-0.05, 0) is 47.0 Å². The van der Waals surface area contributed by atoms with Crippen molar-refractivity contribution in [1.29, 1.82) is 0 Å². The van der Waals surface area contributed by atoms with Gasteiger partial charge in [-0.3, -0.25) is 0 Å². The van der Waals surface area contributed by atoms with Gasteiger partial charge in [0.25, 0.3) is 0 Å². The molecule has 0 saturated heterocycles. The number of phenolic OH excluding ortho intramolecular Hbond substituents is 2. The number of aromatic hydroxyl groups is 2. The van der Waals surface area contributed by atoms with Gasteiger partial charge in [-0.15, -0.1) is 0 Å². The van der Waals surface area contributed by atoms with Crippen LogP contribution in [0, 0.1) is 0 Å². The smallest absolute Gasteiger partial charge is 0.160 e. The highest BCUT2D eigenvalue weighted by atomic mass is 16.5. The average molecular weight is 279 g/mol. The molecule has 4 rings (SSSR count). The molecule has 0 bridgehead atoms. The molecule has 1 heterocycles. The Balaban J connectivity index is 1.89. The molecule has 4 nitrogen and oxygen atoms in total. The van der Waals surface area contributed by atoms with Crippen LogP contribution in [0.1, 0.15) is 16.7 Å².